The van der Waals surface area contributed by atoms with Crippen molar-refractivity contribution in [1.29, 1.82) is 0 Å². The standard InChI is InChI=1S/C10H12N2O2S/c11-4-8(13)6-14-10-3-7-5-12-2-1-9(7)15-10/h1-3,5,8,13H,4,6,11H2. The van der Waals surface area contributed by atoms with Gasteiger partial charge in [-0.25, -0.2) is 0 Å². The second-order valence-corrected chi connectivity index (χ2v) is 4.23. The van der Waals surface area contributed by atoms with Crippen molar-refractivity contribution in [2.24, 2.45) is 5.73 Å². The lowest BCUT2D eigenvalue weighted by Gasteiger charge is -2.07. The molecule has 0 saturated heterocycles. The van der Waals surface area contributed by atoms with Gasteiger partial charge in [0.2, 0.25) is 0 Å². The van der Waals surface area contributed by atoms with Gasteiger partial charge in [0.25, 0.3) is 0 Å². The van der Waals surface area contributed by atoms with Gasteiger partial charge in [0.05, 0.1) is 0 Å². The van der Waals surface area contributed by atoms with Crippen LogP contribution >= 0.6 is 11.3 Å². The van der Waals surface area contributed by atoms with Gasteiger partial charge in [0.1, 0.15) is 12.7 Å². The van der Waals surface area contributed by atoms with E-state index in [0.717, 1.165) is 15.1 Å². The molecule has 3 N–H and O–H groups in total. The predicted octanol–water partition coefficient (Wildman–Crippen LogP) is 0.995. The number of pyridine rings is 1. The summed E-state index contributed by atoms with van der Waals surface area (Å²) in [5, 5.41) is 11.1. The highest BCUT2D eigenvalue weighted by Crippen LogP contribution is 2.30. The number of aliphatic hydroxyl groups is 1. The van der Waals surface area contributed by atoms with Crippen molar-refractivity contribution in [3.8, 4) is 5.06 Å². The zero-order valence-electron chi connectivity index (χ0n) is 8.09. The fourth-order valence-corrected chi connectivity index (χ4v) is 2.07. The average molecular weight is 224 g/mol. The van der Waals surface area contributed by atoms with Crippen molar-refractivity contribution in [3.05, 3.63) is 24.5 Å². The first-order chi connectivity index (χ1) is 7.29. The molecule has 5 heteroatoms. The molecule has 2 aromatic heterocycles. The number of aliphatic hydroxyl groups excluding tert-OH is 1. The Morgan fingerprint density at radius 2 is 2.47 bits per heavy atom. The minimum atomic E-state index is -0.603. The second-order valence-electron chi connectivity index (χ2n) is 3.18. The Labute approximate surface area is 91.3 Å². The van der Waals surface area contributed by atoms with Gasteiger partial charge in [-0.1, -0.05) is 11.3 Å². The molecule has 4 nitrogen and oxygen atoms in total. The second kappa shape index (κ2) is 4.57. The van der Waals surface area contributed by atoms with Gasteiger partial charge in [0.15, 0.2) is 5.06 Å². The normalized spacial score (nSPS) is 12.9. The molecule has 0 amide bonds. The van der Waals surface area contributed by atoms with E-state index in [9.17, 15) is 5.11 Å². The Kier molecular flexibility index (Phi) is 3.15. The molecule has 0 bridgehead atoms. The lowest BCUT2D eigenvalue weighted by atomic mass is 10.3. The van der Waals surface area contributed by atoms with Crippen LogP contribution < -0.4 is 10.5 Å². The van der Waals surface area contributed by atoms with E-state index >= 15 is 0 Å². The molecule has 15 heavy (non-hydrogen) atoms. The van der Waals surface area contributed by atoms with E-state index in [4.69, 9.17) is 10.5 Å². The molecule has 0 aliphatic heterocycles. The molecule has 0 spiro atoms. The zero-order valence-corrected chi connectivity index (χ0v) is 8.91. The largest absolute Gasteiger partial charge is 0.481 e. The van der Waals surface area contributed by atoms with Crippen LogP contribution in [0, 0.1) is 0 Å². The number of nitrogens with two attached hydrogens (primary N) is 1. The number of hydrogen-bond acceptors (Lipinski definition) is 5. The summed E-state index contributed by atoms with van der Waals surface area (Å²) < 4.78 is 6.53. The number of ether oxygens (including phenoxy) is 1. The Morgan fingerprint density at radius 1 is 1.60 bits per heavy atom. The molecular formula is C10H12N2O2S. The Hall–Kier alpha value is -1.17. The van der Waals surface area contributed by atoms with E-state index < -0.39 is 6.10 Å². The third-order valence-electron chi connectivity index (χ3n) is 1.98. The van der Waals surface area contributed by atoms with Gasteiger partial charge < -0.3 is 15.6 Å². The molecule has 0 aromatic carbocycles. The highest BCUT2D eigenvalue weighted by Gasteiger charge is 2.05. The summed E-state index contributed by atoms with van der Waals surface area (Å²) in [6, 6.07) is 3.85. The maximum atomic E-state index is 9.24. The fourth-order valence-electron chi connectivity index (χ4n) is 1.18. The number of thiophene rings is 1. The van der Waals surface area contributed by atoms with Crippen LogP contribution in [0.3, 0.4) is 0 Å². The molecule has 0 saturated carbocycles. The van der Waals surface area contributed by atoms with Gasteiger partial charge in [-0.3, -0.25) is 4.98 Å². The molecule has 2 heterocycles. The van der Waals surface area contributed by atoms with E-state index in [-0.39, 0.29) is 13.2 Å². The van der Waals surface area contributed by atoms with Crippen LogP contribution in [0.5, 0.6) is 5.06 Å². The van der Waals surface area contributed by atoms with Gasteiger partial charge in [-0.2, -0.15) is 0 Å². The van der Waals surface area contributed by atoms with Crippen molar-refractivity contribution < 1.29 is 9.84 Å². The number of fused-ring (bicyclic) bond motifs is 1. The number of rotatable bonds is 4. The Bertz CT molecular complexity index is 411. The maximum Gasteiger partial charge on any atom is 0.175 e. The van der Waals surface area contributed by atoms with E-state index in [1.54, 1.807) is 12.4 Å². The number of hydrogen-bond donors (Lipinski definition) is 2. The van der Waals surface area contributed by atoms with E-state index in [0.29, 0.717) is 0 Å². The summed E-state index contributed by atoms with van der Waals surface area (Å²) in [6.45, 7) is 0.448. The van der Waals surface area contributed by atoms with Crippen molar-refractivity contribution in [2.45, 2.75) is 6.10 Å². The minimum Gasteiger partial charge on any atom is -0.481 e. The minimum absolute atomic E-state index is 0.215. The maximum absolute atomic E-state index is 9.24. The molecule has 2 rings (SSSR count). The van der Waals surface area contributed by atoms with Gasteiger partial charge >= 0.3 is 0 Å². The molecular weight excluding hydrogens is 212 g/mol. The van der Waals surface area contributed by atoms with Crippen LogP contribution in [0.25, 0.3) is 10.1 Å². The molecule has 80 valence electrons. The summed E-state index contributed by atoms with van der Waals surface area (Å²) in [4.78, 5) is 4.02. The molecule has 1 atom stereocenters. The fraction of sp³-hybridized carbons (Fsp3) is 0.300. The molecule has 0 radical (unpaired) electrons. The first kappa shape index (κ1) is 10.4. The van der Waals surface area contributed by atoms with Crippen LogP contribution in [0.1, 0.15) is 0 Å². The zero-order chi connectivity index (χ0) is 10.7. The van der Waals surface area contributed by atoms with E-state index in [2.05, 4.69) is 4.98 Å². The molecule has 0 aliphatic carbocycles. The average Bonchev–Trinajstić information content (AvgIpc) is 2.68. The first-order valence-corrected chi connectivity index (χ1v) is 5.45. The molecule has 2 aromatic rings. The van der Waals surface area contributed by atoms with Crippen LogP contribution in [0.15, 0.2) is 24.5 Å². The van der Waals surface area contributed by atoms with Crippen LogP contribution in [0.2, 0.25) is 0 Å². The summed E-state index contributed by atoms with van der Waals surface area (Å²) in [5.41, 5.74) is 5.27. The Morgan fingerprint density at radius 3 is 3.20 bits per heavy atom. The van der Waals surface area contributed by atoms with E-state index in [1.165, 1.54) is 11.3 Å². The highest BCUT2D eigenvalue weighted by molar-refractivity contribution is 7.20. The molecule has 0 fully saturated rings. The quantitative estimate of drug-likeness (QED) is 0.812. The van der Waals surface area contributed by atoms with Crippen molar-refractivity contribution in [1.82, 2.24) is 4.98 Å². The molecule has 0 aliphatic rings. The van der Waals surface area contributed by atoms with E-state index in [1.807, 2.05) is 12.1 Å². The van der Waals surface area contributed by atoms with Crippen molar-refractivity contribution >= 4 is 21.4 Å². The SMILES string of the molecule is NCC(O)COc1cc2cnccc2s1. The third-order valence-corrected chi connectivity index (χ3v) is 3.01. The predicted molar refractivity (Wildman–Crippen MR) is 60.2 cm³/mol. The number of aromatic nitrogens is 1. The first-order valence-electron chi connectivity index (χ1n) is 4.64. The van der Waals surface area contributed by atoms with Crippen LogP contribution in [-0.4, -0.2) is 29.3 Å². The lowest BCUT2D eigenvalue weighted by molar-refractivity contribution is 0.116. The lowest BCUT2D eigenvalue weighted by Crippen LogP contribution is -2.26. The van der Waals surface area contributed by atoms with Crippen LogP contribution in [-0.2, 0) is 0 Å². The van der Waals surface area contributed by atoms with Gasteiger partial charge in [-0.15, -0.1) is 0 Å². The Balaban J connectivity index is 2.09. The highest BCUT2D eigenvalue weighted by atomic mass is 32.1. The van der Waals surface area contributed by atoms with Gasteiger partial charge in [-0.05, 0) is 6.07 Å². The summed E-state index contributed by atoms with van der Waals surface area (Å²) in [7, 11) is 0. The summed E-state index contributed by atoms with van der Waals surface area (Å²) >= 11 is 1.54. The summed E-state index contributed by atoms with van der Waals surface area (Å²) in [6.07, 6.45) is 2.93. The van der Waals surface area contributed by atoms with Crippen LogP contribution in [0.4, 0.5) is 0 Å². The van der Waals surface area contributed by atoms with Crippen molar-refractivity contribution in [2.75, 3.05) is 13.2 Å². The van der Waals surface area contributed by atoms with Crippen molar-refractivity contribution in [3.63, 3.8) is 0 Å². The summed E-state index contributed by atoms with van der Waals surface area (Å²) in [5.74, 6) is 0. The van der Waals surface area contributed by atoms with Gasteiger partial charge in [0, 0.05) is 35.1 Å². The number of nitrogens with zero attached hydrogens (tertiary/aromatic N) is 1. The third kappa shape index (κ3) is 2.44. The monoisotopic (exact) mass is 224 g/mol. The topological polar surface area (TPSA) is 68.4 Å². The molecule has 1 unspecified atom stereocenters. The smallest absolute Gasteiger partial charge is 0.175 e.